The smallest absolute Gasteiger partial charge is 0.391 e. The molecule has 1 aliphatic heterocycles. The minimum absolute atomic E-state index is 0.305. The molecule has 1 aliphatic rings. The van der Waals surface area contributed by atoms with Gasteiger partial charge < -0.3 is 15.3 Å². The molecule has 1 unspecified atom stereocenters. The Morgan fingerprint density at radius 2 is 2.00 bits per heavy atom. The molecule has 1 aromatic carbocycles. The molecule has 8 nitrogen and oxygen atoms in total. The lowest BCUT2D eigenvalue weighted by Gasteiger charge is -2.29. The lowest BCUT2D eigenvalue weighted by Crippen LogP contribution is -2.47. The Kier molecular flexibility index (Phi) is 8.67. The van der Waals surface area contributed by atoms with Crippen molar-refractivity contribution in [2.45, 2.75) is 70.3 Å². The first-order chi connectivity index (χ1) is 18.1. The number of aliphatic hydroxyl groups is 1. The molecule has 3 aromatic rings. The van der Waals surface area contributed by atoms with Crippen LogP contribution in [0.25, 0.3) is 17.0 Å². The summed E-state index contributed by atoms with van der Waals surface area (Å²) in [4.78, 5) is 32.7. The number of benzene rings is 1. The number of fused-ring (bicyclic) bond motifs is 1. The number of nitrogens with zero attached hydrogens (tertiary/aromatic N) is 4. The third kappa shape index (κ3) is 6.50. The molecule has 0 saturated carbocycles. The number of carbonyl (C=O) groups excluding carboxylic acids is 1. The number of unbranched alkanes of at least 4 members (excludes halogenated alkanes) is 2. The number of imidazole rings is 1. The number of aromatic nitrogens is 3. The summed E-state index contributed by atoms with van der Waals surface area (Å²) in [5.41, 5.74) is 1.10. The number of hydrogen-bond acceptors (Lipinski definition) is 5. The van der Waals surface area contributed by atoms with Crippen LogP contribution in [-0.4, -0.2) is 56.4 Å². The van der Waals surface area contributed by atoms with Gasteiger partial charge in [0.25, 0.3) is 5.56 Å². The second kappa shape index (κ2) is 11.8. The van der Waals surface area contributed by atoms with Crippen molar-refractivity contribution in [3.8, 4) is 11.3 Å². The van der Waals surface area contributed by atoms with Gasteiger partial charge in [-0.1, -0.05) is 43.5 Å². The summed E-state index contributed by atoms with van der Waals surface area (Å²) in [6.07, 6.45) is -2.05. The normalized spacial score (nSPS) is 16.8. The number of aryl methyl sites for hydroxylation is 1. The van der Waals surface area contributed by atoms with Gasteiger partial charge in [-0.25, -0.2) is 4.98 Å². The summed E-state index contributed by atoms with van der Waals surface area (Å²) < 4.78 is 41.1. The number of amides is 1. The number of nitrogens with one attached hydrogen (secondary N) is 1. The number of carbonyl (C=O) groups is 1. The Morgan fingerprint density at radius 3 is 2.68 bits per heavy atom. The molecule has 1 amide bonds. The van der Waals surface area contributed by atoms with E-state index in [4.69, 9.17) is 16.6 Å². The number of halogens is 4. The van der Waals surface area contributed by atoms with Crippen molar-refractivity contribution < 1.29 is 23.1 Å². The van der Waals surface area contributed by atoms with Crippen LogP contribution in [0.4, 0.5) is 19.0 Å². The van der Waals surface area contributed by atoms with Gasteiger partial charge in [0, 0.05) is 42.5 Å². The van der Waals surface area contributed by atoms with E-state index in [0.717, 1.165) is 24.8 Å². The molecule has 2 aromatic heterocycles. The summed E-state index contributed by atoms with van der Waals surface area (Å²) in [5, 5.41) is 12.7. The van der Waals surface area contributed by atoms with E-state index >= 15 is 0 Å². The fraction of sp³-hybridized carbons (Fsp3) is 0.500. The monoisotopic (exact) mass is 553 g/mol. The van der Waals surface area contributed by atoms with E-state index in [1.165, 1.54) is 10.5 Å². The third-order valence-electron chi connectivity index (χ3n) is 6.65. The first-order valence-corrected chi connectivity index (χ1v) is 13.1. The zero-order valence-corrected chi connectivity index (χ0v) is 21.8. The summed E-state index contributed by atoms with van der Waals surface area (Å²) in [6, 6.07) is 7.95. The van der Waals surface area contributed by atoms with E-state index in [0.29, 0.717) is 48.2 Å². The fourth-order valence-corrected chi connectivity index (χ4v) is 4.93. The molecular weight excluding hydrogens is 523 g/mol. The molecule has 2 N–H and O–H groups in total. The zero-order valence-electron chi connectivity index (χ0n) is 21.0. The average Bonchev–Trinajstić information content (AvgIpc) is 3.52. The molecule has 0 aliphatic carbocycles. The molecule has 38 heavy (non-hydrogen) atoms. The zero-order chi connectivity index (χ0) is 27.4. The van der Waals surface area contributed by atoms with Gasteiger partial charge in [-0.3, -0.25) is 18.6 Å². The van der Waals surface area contributed by atoms with Gasteiger partial charge in [-0.2, -0.15) is 13.2 Å². The van der Waals surface area contributed by atoms with Crippen molar-refractivity contribution in [2.24, 2.45) is 0 Å². The van der Waals surface area contributed by atoms with Gasteiger partial charge in [0.1, 0.15) is 11.9 Å². The first-order valence-electron chi connectivity index (χ1n) is 12.8. The topological polar surface area (TPSA) is 91.9 Å². The Bertz CT molecular complexity index is 1320. The predicted octanol–water partition coefficient (Wildman–Crippen LogP) is 4.40. The molecule has 0 radical (unpaired) electrons. The summed E-state index contributed by atoms with van der Waals surface area (Å²) in [6.45, 7) is 2.65. The lowest BCUT2D eigenvalue weighted by molar-refractivity contribution is -0.153. The molecule has 4 rings (SSSR count). The molecule has 1 saturated heterocycles. The highest BCUT2D eigenvalue weighted by Crippen LogP contribution is 2.28. The maximum Gasteiger partial charge on any atom is 0.391 e. The van der Waals surface area contributed by atoms with Crippen molar-refractivity contribution in [1.82, 2.24) is 19.3 Å². The van der Waals surface area contributed by atoms with E-state index < -0.39 is 37.2 Å². The van der Waals surface area contributed by atoms with Crippen LogP contribution in [0.3, 0.4) is 0 Å². The van der Waals surface area contributed by atoms with Gasteiger partial charge in [0.05, 0.1) is 18.2 Å². The van der Waals surface area contributed by atoms with Gasteiger partial charge in [-0.05, 0) is 31.4 Å². The Balaban J connectivity index is 1.66. The Morgan fingerprint density at radius 1 is 1.26 bits per heavy atom. The van der Waals surface area contributed by atoms with Crippen LogP contribution >= 0.6 is 11.6 Å². The highest BCUT2D eigenvalue weighted by molar-refractivity contribution is 6.30. The number of rotatable bonds is 10. The second-order valence-electron chi connectivity index (χ2n) is 9.57. The highest BCUT2D eigenvalue weighted by atomic mass is 35.5. The van der Waals surface area contributed by atoms with Crippen LogP contribution < -0.4 is 15.8 Å². The highest BCUT2D eigenvalue weighted by Gasteiger charge is 2.35. The number of hydrogen-bond donors (Lipinski definition) is 2. The van der Waals surface area contributed by atoms with Gasteiger partial charge in [-0.15, -0.1) is 0 Å². The van der Waals surface area contributed by atoms with Gasteiger partial charge in [0.15, 0.2) is 0 Å². The molecule has 0 bridgehead atoms. The first kappa shape index (κ1) is 28.0. The number of aliphatic hydroxyl groups excluding tert-OH is 1. The van der Waals surface area contributed by atoms with E-state index in [-0.39, 0.29) is 5.56 Å². The molecule has 0 spiro atoms. The molecule has 206 valence electrons. The van der Waals surface area contributed by atoms with Crippen molar-refractivity contribution in [2.75, 3.05) is 18.0 Å². The number of alkyl halides is 3. The van der Waals surface area contributed by atoms with Gasteiger partial charge in [0.2, 0.25) is 11.7 Å². The largest absolute Gasteiger partial charge is 0.391 e. The third-order valence-corrected chi connectivity index (χ3v) is 6.90. The van der Waals surface area contributed by atoms with E-state index in [2.05, 4.69) is 12.2 Å². The van der Waals surface area contributed by atoms with Crippen LogP contribution in [0.1, 0.15) is 45.4 Å². The van der Waals surface area contributed by atoms with Crippen LogP contribution in [-0.2, 0) is 11.3 Å². The maximum absolute atomic E-state index is 13.2. The minimum Gasteiger partial charge on any atom is -0.391 e. The minimum atomic E-state index is -4.53. The van der Waals surface area contributed by atoms with Crippen molar-refractivity contribution >= 4 is 29.1 Å². The standard InChI is InChI=1S/C26H31ClF3N5O3/c1-2-3-4-11-34-22(33-12-5-6-21(33)24(38)31-15-19(36)14-26(28,29)30)13-23(37)35-16-20(32-25(34)35)17-7-9-18(27)10-8-17/h7-10,13,16,19,21,36H,2-6,11-12,14-15H2,1H3,(H,31,38)/t19?,21-/m0/s1. The Hall–Kier alpha value is -3.05. The van der Waals surface area contributed by atoms with Crippen LogP contribution in [0.5, 0.6) is 0 Å². The van der Waals surface area contributed by atoms with Crippen molar-refractivity contribution in [3.63, 3.8) is 0 Å². The van der Waals surface area contributed by atoms with Gasteiger partial charge >= 0.3 is 6.18 Å². The summed E-state index contributed by atoms with van der Waals surface area (Å²) in [7, 11) is 0. The quantitative estimate of drug-likeness (QED) is 0.363. The van der Waals surface area contributed by atoms with E-state index in [9.17, 15) is 27.9 Å². The SMILES string of the molecule is CCCCCn1c(N2CCC[C@H]2C(=O)NCC(O)CC(F)(F)F)cc(=O)n2cc(-c3ccc(Cl)cc3)nc12. The van der Waals surface area contributed by atoms with Crippen molar-refractivity contribution in [1.29, 1.82) is 0 Å². The van der Waals surface area contributed by atoms with E-state index in [1.807, 2.05) is 21.6 Å². The Labute approximate surface area is 223 Å². The molecule has 3 heterocycles. The summed E-state index contributed by atoms with van der Waals surface area (Å²) >= 11 is 6.02. The van der Waals surface area contributed by atoms with Crippen molar-refractivity contribution in [3.05, 3.63) is 51.9 Å². The molecule has 12 heteroatoms. The maximum atomic E-state index is 13.2. The van der Waals surface area contributed by atoms with Crippen LogP contribution in [0, 0.1) is 0 Å². The predicted molar refractivity (Wildman–Crippen MR) is 139 cm³/mol. The molecular formula is C26H31ClF3N5O3. The summed E-state index contributed by atoms with van der Waals surface area (Å²) in [5.74, 6) is 0.502. The molecule has 1 fully saturated rings. The van der Waals surface area contributed by atoms with Crippen LogP contribution in [0.2, 0.25) is 5.02 Å². The lowest BCUT2D eigenvalue weighted by atomic mass is 10.2. The number of anilines is 1. The molecule has 2 atom stereocenters. The fourth-order valence-electron chi connectivity index (χ4n) is 4.80. The van der Waals surface area contributed by atoms with E-state index in [1.54, 1.807) is 18.3 Å². The van der Waals surface area contributed by atoms with Crippen LogP contribution in [0.15, 0.2) is 41.3 Å². The average molecular weight is 554 g/mol. The second-order valence-corrected chi connectivity index (χ2v) is 10.0.